The first kappa shape index (κ1) is 16.0. The molecule has 0 amide bonds. The fourth-order valence-electron chi connectivity index (χ4n) is 2.33. The SMILES string of the molecule is CNc1nccc(CCOC2=NN=NC2(C)c2ccc(F)cc2)n1. The van der Waals surface area contributed by atoms with E-state index in [0.29, 0.717) is 24.9 Å². The monoisotopic (exact) mass is 328 g/mol. The molecule has 0 aliphatic carbocycles. The van der Waals surface area contributed by atoms with Gasteiger partial charge in [0.05, 0.1) is 6.61 Å². The van der Waals surface area contributed by atoms with Gasteiger partial charge in [0.25, 0.3) is 0 Å². The largest absolute Gasteiger partial charge is 0.477 e. The van der Waals surface area contributed by atoms with Crippen LogP contribution >= 0.6 is 0 Å². The van der Waals surface area contributed by atoms with Crippen molar-refractivity contribution in [1.29, 1.82) is 0 Å². The Morgan fingerprint density at radius 3 is 2.75 bits per heavy atom. The number of hydrogen-bond acceptors (Lipinski definition) is 7. The van der Waals surface area contributed by atoms with Crippen molar-refractivity contribution in [2.75, 3.05) is 19.0 Å². The van der Waals surface area contributed by atoms with Crippen molar-refractivity contribution < 1.29 is 9.13 Å². The summed E-state index contributed by atoms with van der Waals surface area (Å²) in [6.07, 6.45) is 2.28. The van der Waals surface area contributed by atoms with Gasteiger partial charge in [0.15, 0.2) is 5.54 Å². The molecule has 0 radical (unpaired) electrons. The Labute approximate surface area is 138 Å². The predicted molar refractivity (Wildman–Crippen MR) is 87.3 cm³/mol. The summed E-state index contributed by atoms with van der Waals surface area (Å²) in [5.74, 6) is 0.643. The highest BCUT2D eigenvalue weighted by atomic mass is 19.1. The molecule has 1 N–H and O–H groups in total. The van der Waals surface area contributed by atoms with E-state index in [1.165, 1.54) is 12.1 Å². The fourth-order valence-corrected chi connectivity index (χ4v) is 2.33. The van der Waals surface area contributed by atoms with Gasteiger partial charge in [-0.1, -0.05) is 17.2 Å². The topological polar surface area (TPSA) is 84.1 Å². The van der Waals surface area contributed by atoms with Crippen molar-refractivity contribution >= 4 is 11.8 Å². The van der Waals surface area contributed by atoms with Crippen LogP contribution in [-0.2, 0) is 16.7 Å². The number of aromatic nitrogens is 2. The molecule has 124 valence electrons. The van der Waals surface area contributed by atoms with Crippen LogP contribution in [0.25, 0.3) is 0 Å². The minimum Gasteiger partial charge on any atom is -0.477 e. The first-order valence-corrected chi connectivity index (χ1v) is 7.50. The predicted octanol–water partition coefficient (Wildman–Crippen LogP) is 2.91. The Morgan fingerprint density at radius 1 is 1.21 bits per heavy atom. The lowest BCUT2D eigenvalue weighted by Crippen LogP contribution is -2.30. The summed E-state index contributed by atoms with van der Waals surface area (Å²) >= 11 is 0. The molecule has 0 saturated heterocycles. The van der Waals surface area contributed by atoms with Gasteiger partial charge >= 0.3 is 0 Å². The lowest BCUT2D eigenvalue weighted by atomic mass is 9.93. The van der Waals surface area contributed by atoms with Gasteiger partial charge in [-0.2, -0.15) is 0 Å². The van der Waals surface area contributed by atoms with Gasteiger partial charge in [-0.05, 0) is 35.9 Å². The van der Waals surface area contributed by atoms with Crippen LogP contribution in [0.1, 0.15) is 18.2 Å². The molecule has 1 aliphatic heterocycles. The second-order valence-corrected chi connectivity index (χ2v) is 5.39. The van der Waals surface area contributed by atoms with E-state index in [-0.39, 0.29) is 5.82 Å². The maximum absolute atomic E-state index is 13.1. The molecule has 1 atom stereocenters. The second kappa shape index (κ2) is 6.69. The van der Waals surface area contributed by atoms with E-state index in [2.05, 4.69) is 30.7 Å². The van der Waals surface area contributed by atoms with E-state index in [1.807, 2.05) is 13.0 Å². The normalized spacial score (nSPS) is 19.2. The lowest BCUT2D eigenvalue weighted by Gasteiger charge is -2.21. The summed E-state index contributed by atoms with van der Waals surface area (Å²) in [5.41, 5.74) is 0.781. The van der Waals surface area contributed by atoms with Gasteiger partial charge in [0, 0.05) is 25.4 Å². The van der Waals surface area contributed by atoms with Crippen molar-refractivity contribution in [3.05, 3.63) is 53.6 Å². The standard InChI is InChI=1S/C16H17FN6O/c1-16(11-3-5-12(17)6-4-11)14(21-23-22-16)24-10-8-13-7-9-19-15(18-2)20-13/h3-7,9H,8,10H2,1-2H3,(H,18,19,20). The number of ether oxygens (including phenoxy) is 1. The number of anilines is 1. The average Bonchev–Trinajstić information content (AvgIpc) is 2.98. The molecular weight excluding hydrogens is 311 g/mol. The Hall–Kier alpha value is -2.90. The maximum Gasteiger partial charge on any atom is 0.245 e. The third kappa shape index (κ3) is 3.22. The van der Waals surface area contributed by atoms with Gasteiger partial charge in [0.2, 0.25) is 11.8 Å². The van der Waals surface area contributed by atoms with Gasteiger partial charge in [0.1, 0.15) is 5.82 Å². The number of benzene rings is 1. The molecule has 2 heterocycles. The first-order chi connectivity index (χ1) is 11.6. The van der Waals surface area contributed by atoms with Crippen LogP contribution in [0.15, 0.2) is 52.0 Å². The number of nitrogens with zero attached hydrogens (tertiary/aromatic N) is 5. The highest BCUT2D eigenvalue weighted by Gasteiger charge is 2.38. The summed E-state index contributed by atoms with van der Waals surface area (Å²) in [7, 11) is 1.76. The molecule has 8 heteroatoms. The van der Waals surface area contributed by atoms with E-state index in [4.69, 9.17) is 4.74 Å². The molecule has 0 bridgehead atoms. The number of rotatable bonds is 5. The first-order valence-electron chi connectivity index (χ1n) is 7.50. The molecule has 1 unspecified atom stereocenters. The van der Waals surface area contributed by atoms with Crippen LogP contribution in [0.4, 0.5) is 10.3 Å². The second-order valence-electron chi connectivity index (χ2n) is 5.39. The molecule has 1 aromatic heterocycles. The smallest absolute Gasteiger partial charge is 0.245 e. The highest BCUT2D eigenvalue weighted by Crippen LogP contribution is 2.32. The maximum atomic E-state index is 13.1. The summed E-state index contributed by atoms with van der Waals surface area (Å²) in [4.78, 5) is 8.39. The van der Waals surface area contributed by atoms with Crippen molar-refractivity contribution in [3.8, 4) is 0 Å². The molecule has 0 spiro atoms. The quantitative estimate of drug-likeness (QED) is 0.914. The Morgan fingerprint density at radius 2 is 2.00 bits per heavy atom. The van der Waals surface area contributed by atoms with Crippen LogP contribution in [-0.4, -0.2) is 29.5 Å². The number of hydrogen-bond donors (Lipinski definition) is 1. The van der Waals surface area contributed by atoms with Crippen molar-refractivity contribution in [2.45, 2.75) is 18.9 Å². The zero-order chi connectivity index (χ0) is 17.0. The fraction of sp³-hybridized carbons (Fsp3) is 0.312. The minimum atomic E-state index is -0.838. The van der Waals surface area contributed by atoms with Gasteiger partial charge in [-0.3, -0.25) is 0 Å². The highest BCUT2D eigenvalue weighted by molar-refractivity contribution is 5.88. The molecular formula is C16H17FN6O. The van der Waals surface area contributed by atoms with Gasteiger partial charge in [-0.25, -0.2) is 14.4 Å². The Balaban J connectivity index is 1.65. The molecule has 2 aromatic rings. The van der Waals surface area contributed by atoms with Crippen LogP contribution in [0.3, 0.4) is 0 Å². The van der Waals surface area contributed by atoms with Crippen molar-refractivity contribution in [1.82, 2.24) is 9.97 Å². The summed E-state index contributed by atoms with van der Waals surface area (Å²) < 4.78 is 18.9. The Bertz CT molecular complexity index is 776. The third-order valence-corrected chi connectivity index (χ3v) is 3.74. The summed E-state index contributed by atoms with van der Waals surface area (Å²) in [5, 5.41) is 14.7. The zero-order valence-electron chi connectivity index (χ0n) is 13.4. The van der Waals surface area contributed by atoms with Gasteiger partial charge in [-0.15, -0.1) is 5.11 Å². The third-order valence-electron chi connectivity index (χ3n) is 3.74. The number of halogens is 1. The van der Waals surface area contributed by atoms with E-state index < -0.39 is 5.54 Å². The molecule has 24 heavy (non-hydrogen) atoms. The van der Waals surface area contributed by atoms with Crippen LogP contribution in [0.5, 0.6) is 0 Å². The zero-order valence-corrected chi connectivity index (χ0v) is 13.4. The van der Waals surface area contributed by atoms with Gasteiger partial charge < -0.3 is 10.1 Å². The summed E-state index contributed by atoms with van der Waals surface area (Å²) in [6.45, 7) is 2.21. The molecule has 3 rings (SSSR count). The van der Waals surface area contributed by atoms with Crippen LogP contribution in [0.2, 0.25) is 0 Å². The molecule has 7 nitrogen and oxygen atoms in total. The van der Waals surface area contributed by atoms with Crippen LogP contribution < -0.4 is 5.32 Å². The van der Waals surface area contributed by atoms with E-state index >= 15 is 0 Å². The molecule has 1 aromatic carbocycles. The van der Waals surface area contributed by atoms with E-state index in [9.17, 15) is 4.39 Å². The van der Waals surface area contributed by atoms with Crippen LogP contribution in [0, 0.1) is 5.82 Å². The lowest BCUT2D eigenvalue weighted by molar-refractivity contribution is 0.281. The molecule has 1 aliphatic rings. The van der Waals surface area contributed by atoms with E-state index in [0.717, 1.165) is 11.3 Å². The molecule has 0 fully saturated rings. The number of nitrogens with one attached hydrogen (secondary N) is 1. The Kier molecular flexibility index (Phi) is 4.45. The van der Waals surface area contributed by atoms with Crippen molar-refractivity contribution in [3.63, 3.8) is 0 Å². The van der Waals surface area contributed by atoms with E-state index in [1.54, 1.807) is 25.4 Å². The van der Waals surface area contributed by atoms with Crippen molar-refractivity contribution in [2.24, 2.45) is 15.4 Å². The molecule has 0 saturated carbocycles. The average molecular weight is 328 g/mol. The summed E-state index contributed by atoms with van der Waals surface area (Å²) in [6, 6.07) is 7.90. The minimum absolute atomic E-state index is 0.305.